The maximum absolute atomic E-state index is 6.10. The van der Waals surface area contributed by atoms with E-state index in [4.69, 9.17) is 17.3 Å². The van der Waals surface area contributed by atoms with Crippen LogP contribution in [0.4, 0.5) is 5.69 Å². The molecule has 0 fully saturated rings. The largest absolute Gasteiger partial charge is 0.382 e. The predicted molar refractivity (Wildman–Crippen MR) is 89.4 cm³/mol. The normalized spacial score (nSPS) is 11.7. The molecule has 1 aromatic carbocycles. The van der Waals surface area contributed by atoms with Crippen LogP contribution in [0.5, 0.6) is 0 Å². The van der Waals surface area contributed by atoms with E-state index in [-0.39, 0.29) is 5.41 Å². The number of anilines is 1. The van der Waals surface area contributed by atoms with Crippen LogP contribution in [0.3, 0.4) is 0 Å². The van der Waals surface area contributed by atoms with E-state index < -0.39 is 0 Å². The van der Waals surface area contributed by atoms with Crippen LogP contribution in [0.25, 0.3) is 5.69 Å². The van der Waals surface area contributed by atoms with Crippen molar-refractivity contribution >= 4 is 17.3 Å². The third-order valence-electron chi connectivity index (χ3n) is 3.23. The van der Waals surface area contributed by atoms with E-state index in [9.17, 15) is 0 Å². The first-order valence-corrected chi connectivity index (χ1v) is 7.59. The quantitative estimate of drug-likeness (QED) is 0.830. The van der Waals surface area contributed by atoms with Gasteiger partial charge in [0.25, 0.3) is 0 Å². The molecule has 4 nitrogen and oxygen atoms in total. The summed E-state index contributed by atoms with van der Waals surface area (Å²) in [6, 6.07) is 7.74. The molecule has 21 heavy (non-hydrogen) atoms. The molecule has 2 aromatic rings. The minimum Gasteiger partial charge on any atom is -0.382 e. The van der Waals surface area contributed by atoms with Gasteiger partial charge < -0.3 is 11.1 Å². The molecule has 5 heteroatoms. The zero-order valence-corrected chi connectivity index (χ0v) is 13.6. The highest BCUT2D eigenvalue weighted by Crippen LogP contribution is 2.32. The van der Waals surface area contributed by atoms with Gasteiger partial charge in [-0.1, -0.05) is 38.4 Å². The maximum atomic E-state index is 6.10. The van der Waals surface area contributed by atoms with Gasteiger partial charge in [-0.15, -0.1) is 0 Å². The molecule has 114 valence electrons. The number of halogens is 1. The lowest BCUT2D eigenvalue weighted by atomic mass is 9.91. The summed E-state index contributed by atoms with van der Waals surface area (Å²) < 4.78 is 1.96. The molecule has 0 spiro atoms. The minimum absolute atomic E-state index is 0.0378. The van der Waals surface area contributed by atoms with E-state index in [1.54, 1.807) is 0 Å². The average molecular weight is 307 g/mol. The summed E-state index contributed by atoms with van der Waals surface area (Å²) in [6.07, 6.45) is 2.81. The van der Waals surface area contributed by atoms with Gasteiger partial charge in [0.1, 0.15) is 0 Å². The average Bonchev–Trinajstić information content (AvgIpc) is 2.83. The fourth-order valence-electron chi connectivity index (χ4n) is 2.33. The van der Waals surface area contributed by atoms with E-state index in [1.165, 1.54) is 0 Å². The van der Waals surface area contributed by atoms with Crippen molar-refractivity contribution in [2.45, 2.75) is 32.6 Å². The molecule has 1 heterocycles. The first-order valence-electron chi connectivity index (χ1n) is 7.22. The molecular formula is C16H23ClN4. The maximum Gasteiger partial charge on any atom is 0.0769 e. The Labute approximate surface area is 131 Å². The van der Waals surface area contributed by atoms with Gasteiger partial charge in [-0.25, -0.2) is 4.68 Å². The van der Waals surface area contributed by atoms with Crippen molar-refractivity contribution < 1.29 is 0 Å². The number of hydrogen-bond acceptors (Lipinski definition) is 3. The van der Waals surface area contributed by atoms with Crippen LogP contribution in [0.15, 0.2) is 30.5 Å². The van der Waals surface area contributed by atoms with Gasteiger partial charge in [-0.3, -0.25) is 0 Å². The van der Waals surface area contributed by atoms with Crippen molar-refractivity contribution in [3.63, 3.8) is 0 Å². The van der Waals surface area contributed by atoms with E-state index in [2.05, 4.69) is 31.2 Å². The minimum atomic E-state index is -0.0378. The molecule has 0 atom stereocenters. The second-order valence-electron chi connectivity index (χ2n) is 6.12. The SMILES string of the molecule is CC(C)(C)c1c(NCCCN)cnn1-c1cccc(Cl)c1. The molecule has 0 saturated carbocycles. The molecule has 0 saturated heterocycles. The fraction of sp³-hybridized carbons (Fsp3) is 0.438. The van der Waals surface area contributed by atoms with Gasteiger partial charge in [0.15, 0.2) is 0 Å². The number of hydrogen-bond donors (Lipinski definition) is 2. The Kier molecular flexibility index (Phi) is 4.91. The van der Waals surface area contributed by atoms with Gasteiger partial charge in [-0.05, 0) is 31.2 Å². The van der Waals surface area contributed by atoms with E-state index in [0.29, 0.717) is 11.6 Å². The zero-order valence-electron chi connectivity index (χ0n) is 12.9. The second kappa shape index (κ2) is 6.50. The Morgan fingerprint density at radius 3 is 2.71 bits per heavy atom. The van der Waals surface area contributed by atoms with Crippen LogP contribution in [-0.4, -0.2) is 22.9 Å². The number of nitrogens with two attached hydrogens (primary N) is 1. The van der Waals surface area contributed by atoms with Crippen LogP contribution in [0, 0.1) is 0 Å². The highest BCUT2D eigenvalue weighted by molar-refractivity contribution is 6.30. The van der Waals surface area contributed by atoms with E-state index in [0.717, 1.165) is 30.0 Å². The van der Waals surface area contributed by atoms with Crippen LogP contribution < -0.4 is 11.1 Å². The lowest BCUT2D eigenvalue weighted by Gasteiger charge is -2.23. The molecule has 0 aliphatic heterocycles. The third kappa shape index (κ3) is 3.77. The van der Waals surface area contributed by atoms with Gasteiger partial charge in [0.2, 0.25) is 0 Å². The Morgan fingerprint density at radius 2 is 2.10 bits per heavy atom. The molecule has 3 N–H and O–H groups in total. The number of nitrogens with zero attached hydrogens (tertiary/aromatic N) is 2. The van der Waals surface area contributed by atoms with Gasteiger partial charge in [0, 0.05) is 17.0 Å². The molecule has 2 rings (SSSR count). The summed E-state index contributed by atoms with van der Waals surface area (Å²) in [5, 5.41) is 8.67. The molecule has 0 bridgehead atoms. The number of benzene rings is 1. The Morgan fingerprint density at radius 1 is 1.33 bits per heavy atom. The van der Waals surface area contributed by atoms with Gasteiger partial charge in [0.05, 0.1) is 23.3 Å². The highest BCUT2D eigenvalue weighted by atomic mass is 35.5. The van der Waals surface area contributed by atoms with Crippen LogP contribution in [0.1, 0.15) is 32.9 Å². The number of aromatic nitrogens is 2. The van der Waals surface area contributed by atoms with Crippen molar-refractivity contribution in [2.75, 3.05) is 18.4 Å². The molecule has 0 radical (unpaired) electrons. The van der Waals surface area contributed by atoms with E-state index >= 15 is 0 Å². The van der Waals surface area contributed by atoms with Gasteiger partial charge in [-0.2, -0.15) is 5.10 Å². The Balaban J connectivity index is 2.42. The van der Waals surface area contributed by atoms with Crippen molar-refractivity contribution in [1.82, 2.24) is 9.78 Å². The lowest BCUT2D eigenvalue weighted by Crippen LogP contribution is -2.20. The summed E-state index contributed by atoms with van der Waals surface area (Å²) in [6.45, 7) is 8.07. The van der Waals surface area contributed by atoms with Crippen LogP contribution in [0.2, 0.25) is 5.02 Å². The number of rotatable bonds is 5. The molecular weight excluding hydrogens is 284 g/mol. The van der Waals surface area contributed by atoms with Crippen molar-refractivity contribution in [1.29, 1.82) is 0 Å². The van der Waals surface area contributed by atoms with Crippen LogP contribution in [-0.2, 0) is 5.41 Å². The molecule has 0 aliphatic carbocycles. The summed E-state index contributed by atoms with van der Waals surface area (Å²) >= 11 is 6.10. The summed E-state index contributed by atoms with van der Waals surface area (Å²) in [5.41, 5.74) is 8.68. The first kappa shape index (κ1) is 15.9. The predicted octanol–water partition coefficient (Wildman–Crippen LogP) is 3.58. The summed E-state index contributed by atoms with van der Waals surface area (Å²) in [4.78, 5) is 0. The van der Waals surface area contributed by atoms with Crippen molar-refractivity contribution in [3.05, 3.63) is 41.2 Å². The lowest BCUT2D eigenvalue weighted by molar-refractivity contribution is 0.545. The first-order chi connectivity index (χ1) is 9.93. The van der Waals surface area contributed by atoms with Crippen molar-refractivity contribution in [2.24, 2.45) is 5.73 Å². The topological polar surface area (TPSA) is 55.9 Å². The Hall–Kier alpha value is -1.52. The Bertz CT molecular complexity index is 599. The third-order valence-corrected chi connectivity index (χ3v) is 3.46. The van der Waals surface area contributed by atoms with Gasteiger partial charge >= 0.3 is 0 Å². The number of nitrogens with one attached hydrogen (secondary N) is 1. The fourth-order valence-corrected chi connectivity index (χ4v) is 2.51. The van der Waals surface area contributed by atoms with Crippen LogP contribution >= 0.6 is 11.6 Å². The zero-order chi connectivity index (χ0) is 15.5. The highest BCUT2D eigenvalue weighted by Gasteiger charge is 2.24. The van der Waals surface area contributed by atoms with E-state index in [1.807, 2.05) is 35.1 Å². The summed E-state index contributed by atoms with van der Waals surface area (Å²) in [5.74, 6) is 0. The second-order valence-corrected chi connectivity index (χ2v) is 6.55. The molecule has 0 aliphatic rings. The van der Waals surface area contributed by atoms with Crippen molar-refractivity contribution in [3.8, 4) is 5.69 Å². The summed E-state index contributed by atoms with van der Waals surface area (Å²) in [7, 11) is 0. The molecule has 1 aromatic heterocycles. The molecule has 0 amide bonds. The standard InChI is InChI=1S/C16H23ClN4/c1-16(2,3)15-14(19-9-5-8-18)11-20-21(15)13-7-4-6-12(17)10-13/h4,6-7,10-11,19H,5,8-9,18H2,1-3H3. The molecule has 0 unspecified atom stereocenters. The smallest absolute Gasteiger partial charge is 0.0769 e. The monoisotopic (exact) mass is 306 g/mol.